The third-order valence-corrected chi connectivity index (χ3v) is 4.86. The Balaban J connectivity index is 1.53. The van der Waals surface area contributed by atoms with Crippen LogP contribution in [0, 0.1) is 11.7 Å². The molecule has 1 saturated heterocycles. The molecule has 0 spiro atoms. The summed E-state index contributed by atoms with van der Waals surface area (Å²) in [5, 5.41) is 2.81. The third-order valence-electron chi connectivity index (χ3n) is 4.13. The van der Waals surface area contributed by atoms with Crippen LogP contribution in [0.3, 0.4) is 0 Å². The molecule has 0 aliphatic carbocycles. The van der Waals surface area contributed by atoms with Crippen molar-refractivity contribution in [2.45, 2.75) is 6.42 Å². The first-order valence-electron chi connectivity index (χ1n) is 8.31. The molecule has 1 N–H and O–H groups in total. The van der Waals surface area contributed by atoms with E-state index in [2.05, 4.69) is 21.2 Å². The van der Waals surface area contributed by atoms with E-state index in [1.807, 2.05) is 0 Å². The van der Waals surface area contributed by atoms with Gasteiger partial charge in [0.25, 0.3) is 5.91 Å². The van der Waals surface area contributed by atoms with Crippen LogP contribution >= 0.6 is 27.5 Å². The number of ether oxygens (including phenoxy) is 1. The average molecular weight is 470 g/mol. The summed E-state index contributed by atoms with van der Waals surface area (Å²) in [7, 11) is 0. The quantitative estimate of drug-likeness (QED) is 0.676. The minimum absolute atomic E-state index is 0.0195. The van der Waals surface area contributed by atoms with Crippen LogP contribution in [0.15, 0.2) is 46.9 Å². The van der Waals surface area contributed by atoms with Gasteiger partial charge < -0.3 is 15.0 Å². The third kappa shape index (κ3) is 4.88. The summed E-state index contributed by atoms with van der Waals surface area (Å²) < 4.78 is 19.3. The lowest BCUT2D eigenvalue weighted by molar-refractivity contribution is -0.151. The van der Waals surface area contributed by atoms with Crippen molar-refractivity contribution in [2.75, 3.05) is 23.4 Å². The van der Waals surface area contributed by atoms with Crippen LogP contribution in [0.4, 0.5) is 15.8 Å². The lowest BCUT2D eigenvalue weighted by Crippen LogP contribution is -2.28. The standard InChI is InChI=1S/C19H15BrClFN2O4/c20-12-4-5-16(15(22)7-12)23-17(25)10-28-19(27)11-6-18(26)24(9-11)14-3-1-2-13(21)8-14/h1-5,7-8,11H,6,9-10H2,(H,23,25). The second-order valence-corrected chi connectivity index (χ2v) is 7.52. The van der Waals surface area contributed by atoms with Crippen molar-refractivity contribution in [3.8, 4) is 0 Å². The first-order valence-corrected chi connectivity index (χ1v) is 9.48. The molecule has 1 atom stereocenters. The summed E-state index contributed by atoms with van der Waals surface area (Å²) in [6, 6.07) is 10.9. The molecule has 6 nitrogen and oxygen atoms in total. The van der Waals surface area contributed by atoms with Crippen LogP contribution in [0.2, 0.25) is 5.02 Å². The number of carbonyl (C=O) groups excluding carboxylic acids is 3. The van der Waals surface area contributed by atoms with Crippen LogP contribution in [-0.2, 0) is 19.1 Å². The molecule has 2 amide bonds. The van der Waals surface area contributed by atoms with Gasteiger partial charge in [0.2, 0.25) is 5.91 Å². The van der Waals surface area contributed by atoms with E-state index in [1.54, 1.807) is 30.3 Å². The Morgan fingerprint density at radius 1 is 1.29 bits per heavy atom. The molecule has 28 heavy (non-hydrogen) atoms. The number of nitrogens with one attached hydrogen (secondary N) is 1. The van der Waals surface area contributed by atoms with Crippen molar-refractivity contribution < 1.29 is 23.5 Å². The maximum atomic E-state index is 13.7. The van der Waals surface area contributed by atoms with E-state index in [1.165, 1.54) is 17.0 Å². The fraction of sp³-hybridized carbons (Fsp3) is 0.211. The lowest BCUT2D eigenvalue weighted by Gasteiger charge is -2.16. The van der Waals surface area contributed by atoms with Crippen molar-refractivity contribution in [2.24, 2.45) is 5.92 Å². The zero-order chi connectivity index (χ0) is 20.3. The van der Waals surface area contributed by atoms with Gasteiger partial charge in [0.05, 0.1) is 11.6 Å². The molecule has 0 radical (unpaired) electrons. The summed E-state index contributed by atoms with van der Waals surface area (Å²) in [5.74, 6) is -2.88. The van der Waals surface area contributed by atoms with Gasteiger partial charge in [-0.05, 0) is 36.4 Å². The second kappa shape index (κ2) is 8.70. The Morgan fingerprint density at radius 2 is 2.07 bits per heavy atom. The number of carbonyl (C=O) groups is 3. The van der Waals surface area contributed by atoms with Crippen LogP contribution in [0.25, 0.3) is 0 Å². The minimum Gasteiger partial charge on any atom is -0.455 e. The van der Waals surface area contributed by atoms with Crippen molar-refractivity contribution >= 4 is 56.7 Å². The summed E-state index contributed by atoms with van der Waals surface area (Å²) >= 11 is 9.06. The molecular weight excluding hydrogens is 455 g/mol. The van der Waals surface area contributed by atoms with Gasteiger partial charge in [-0.15, -0.1) is 0 Å². The summed E-state index contributed by atoms with van der Waals surface area (Å²) in [6.45, 7) is -0.433. The highest BCUT2D eigenvalue weighted by molar-refractivity contribution is 9.10. The molecular formula is C19H15BrClFN2O4. The van der Waals surface area contributed by atoms with Crippen molar-refractivity contribution in [3.05, 3.63) is 57.8 Å². The van der Waals surface area contributed by atoms with Gasteiger partial charge in [-0.2, -0.15) is 0 Å². The summed E-state index contributed by atoms with van der Waals surface area (Å²) in [5.41, 5.74) is 0.573. The fourth-order valence-electron chi connectivity index (χ4n) is 2.79. The number of hydrogen-bond acceptors (Lipinski definition) is 4. The number of halogens is 3. The SMILES string of the molecule is O=C(COC(=O)C1CC(=O)N(c2cccc(Cl)c2)C1)Nc1ccc(Br)cc1F. The van der Waals surface area contributed by atoms with Crippen LogP contribution in [0.1, 0.15) is 6.42 Å². The Bertz CT molecular complexity index is 940. The number of esters is 1. The van der Waals surface area contributed by atoms with Crippen molar-refractivity contribution in [1.29, 1.82) is 0 Å². The first kappa shape index (κ1) is 20.3. The number of rotatable bonds is 5. The van der Waals surface area contributed by atoms with E-state index in [0.717, 1.165) is 0 Å². The molecule has 3 rings (SSSR count). The Hall–Kier alpha value is -2.45. The molecule has 1 aliphatic rings. The maximum Gasteiger partial charge on any atom is 0.311 e. The van der Waals surface area contributed by atoms with Gasteiger partial charge in [0.15, 0.2) is 6.61 Å². The smallest absolute Gasteiger partial charge is 0.311 e. The van der Waals surface area contributed by atoms with Crippen LogP contribution < -0.4 is 10.2 Å². The summed E-state index contributed by atoms with van der Waals surface area (Å²) in [4.78, 5) is 37.8. The van der Waals surface area contributed by atoms with Gasteiger partial charge in [0.1, 0.15) is 5.82 Å². The molecule has 0 bridgehead atoms. The van der Waals surface area contributed by atoms with Gasteiger partial charge >= 0.3 is 5.97 Å². The normalized spacial score (nSPS) is 16.2. The Morgan fingerprint density at radius 3 is 2.79 bits per heavy atom. The molecule has 146 valence electrons. The predicted molar refractivity (Wildman–Crippen MR) is 106 cm³/mol. The predicted octanol–water partition coefficient (Wildman–Crippen LogP) is 3.78. The van der Waals surface area contributed by atoms with E-state index in [9.17, 15) is 18.8 Å². The van der Waals surface area contributed by atoms with E-state index in [-0.39, 0.29) is 24.6 Å². The zero-order valence-electron chi connectivity index (χ0n) is 14.5. The lowest BCUT2D eigenvalue weighted by atomic mass is 10.1. The molecule has 2 aromatic rings. The molecule has 2 aromatic carbocycles. The van der Waals surface area contributed by atoms with Gasteiger partial charge in [-0.25, -0.2) is 4.39 Å². The molecule has 0 saturated carbocycles. The molecule has 1 fully saturated rings. The number of benzene rings is 2. The van der Waals surface area contributed by atoms with Gasteiger partial charge in [0, 0.05) is 28.1 Å². The van der Waals surface area contributed by atoms with Crippen molar-refractivity contribution in [3.63, 3.8) is 0 Å². The zero-order valence-corrected chi connectivity index (χ0v) is 16.8. The monoisotopic (exact) mass is 468 g/mol. The van der Waals surface area contributed by atoms with Gasteiger partial charge in [-0.3, -0.25) is 14.4 Å². The van der Waals surface area contributed by atoms with E-state index < -0.39 is 30.2 Å². The highest BCUT2D eigenvalue weighted by Crippen LogP contribution is 2.27. The Kier molecular flexibility index (Phi) is 6.31. The Labute approximate surface area is 173 Å². The van der Waals surface area contributed by atoms with Crippen LogP contribution in [-0.4, -0.2) is 30.9 Å². The minimum atomic E-state index is -0.691. The number of nitrogens with zero attached hydrogens (tertiary/aromatic N) is 1. The number of anilines is 2. The maximum absolute atomic E-state index is 13.7. The van der Waals surface area contributed by atoms with E-state index in [0.29, 0.717) is 15.2 Å². The second-order valence-electron chi connectivity index (χ2n) is 6.17. The molecule has 1 unspecified atom stereocenters. The van der Waals surface area contributed by atoms with Crippen molar-refractivity contribution in [1.82, 2.24) is 0 Å². The highest BCUT2D eigenvalue weighted by atomic mass is 79.9. The van der Waals surface area contributed by atoms with Crippen LogP contribution in [0.5, 0.6) is 0 Å². The van der Waals surface area contributed by atoms with E-state index in [4.69, 9.17) is 16.3 Å². The molecule has 1 heterocycles. The fourth-order valence-corrected chi connectivity index (χ4v) is 3.31. The molecule has 1 aliphatic heterocycles. The largest absolute Gasteiger partial charge is 0.455 e. The van der Waals surface area contributed by atoms with E-state index >= 15 is 0 Å². The first-order chi connectivity index (χ1) is 13.3. The highest BCUT2D eigenvalue weighted by Gasteiger charge is 2.36. The van der Waals surface area contributed by atoms with Gasteiger partial charge in [-0.1, -0.05) is 33.6 Å². The number of amides is 2. The average Bonchev–Trinajstić information content (AvgIpc) is 3.04. The molecule has 9 heteroatoms. The summed E-state index contributed by atoms with van der Waals surface area (Å²) in [6.07, 6.45) is -0.0195. The number of hydrogen-bond donors (Lipinski definition) is 1. The molecule has 0 aromatic heterocycles. The topological polar surface area (TPSA) is 75.7 Å².